The molecule has 27 heavy (non-hydrogen) atoms. The van der Waals surface area contributed by atoms with Crippen LogP contribution in [0.4, 0.5) is 17.2 Å². The van der Waals surface area contributed by atoms with Crippen LogP contribution in [0.2, 0.25) is 0 Å². The van der Waals surface area contributed by atoms with Crippen LogP contribution in [0.25, 0.3) is 0 Å². The molecule has 0 aliphatic carbocycles. The lowest BCUT2D eigenvalue weighted by Crippen LogP contribution is -2.20. The minimum absolute atomic E-state index is 0.117. The lowest BCUT2D eigenvalue weighted by atomic mass is 10.1. The van der Waals surface area contributed by atoms with Crippen molar-refractivity contribution in [2.24, 2.45) is 7.05 Å². The summed E-state index contributed by atoms with van der Waals surface area (Å²) in [6.07, 6.45) is 2.28. The molecular formula is C21H33N3O2S. The van der Waals surface area contributed by atoms with Crippen molar-refractivity contribution in [2.45, 2.75) is 47.5 Å². The summed E-state index contributed by atoms with van der Waals surface area (Å²) in [6.45, 7) is 10.3. The largest absolute Gasteiger partial charge is 0.494 e. The molecule has 0 fully saturated rings. The molecule has 2 aromatic rings. The number of nitrogens with one attached hydrogen (secondary N) is 2. The third kappa shape index (κ3) is 6.24. The minimum Gasteiger partial charge on any atom is -0.494 e. The van der Waals surface area contributed by atoms with E-state index in [1.54, 1.807) is 30.7 Å². The zero-order chi connectivity index (χ0) is 20.4. The van der Waals surface area contributed by atoms with Crippen LogP contribution >= 0.6 is 11.9 Å². The number of ether oxygens (including phenoxy) is 1. The minimum atomic E-state index is -0.117. The van der Waals surface area contributed by atoms with Crippen molar-refractivity contribution in [3.8, 4) is 5.75 Å². The van der Waals surface area contributed by atoms with Crippen LogP contribution in [0.3, 0.4) is 0 Å². The Hall–Kier alpha value is -2.08. The van der Waals surface area contributed by atoms with Gasteiger partial charge in [-0.25, -0.2) is 0 Å². The summed E-state index contributed by atoms with van der Waals surface area (Å²) in [5, 5.41) is 3.40. The first-order valence-electron chi connectivity index (χ1n) is 9.48. The van der Waals surface area contributed by atoms with Gasteiger partial charge in [0.15, 0.2) is 5.75 Å². The van der Waals surface area contributed by atoms with Gasteiger partial charge in [0, 0.05) is 24.6 Å². The molecule has 0 saturated carbocycles. The molecule has 0 bridgehead atoms. The number of pyridine rings is 1. The molecule has 0 aliphatic heterocycles. The van der Waals surface area contributed by atoms with Gasteiger partial charge < -0.3 is 14.8 Å². The normalized spacial score (nSPS) is 10.0. The number of nitrogens with zero attached hydrogens (tertiary/aromatic N) is 1. The predicted molar refractivity (Wildman–Crippen MR) is 120 cm³/mol. The van der Waals surface area contributed by atoms with Gasteiger partial charge in [-0.05, 0) is 31.9 Å². The first-order chi connectivity index (χ1) is 13.0. The second-order valence-corrected chi connectivity index (χ2v) is 6.98. The molecule has 2 rings (SSSR count). The molecule has 6 heteroatoms. The van der Waals surface area contributed by atoms with E-state index >= 15 is 0 Å². The Balaban J connectivity index is 0.00000176. The molecule has 5 nitrogen and oxygen atoms in total. The maximum absolute atomic E-state index is 12.3. The van der Waals surface area contributed by atoms with Gasteiger partial charge in [-0.2, -0.15) is 0 Å². The first kappa shape index (κ1) is 23.0. The molecule has 0 aliphatic rings. The third-order valence-corrected chi connectivity index (χ3v) is 4.87. The predicted octanol–water partition coefficient (Wildman–Crippen LogP) is 5.64. The zero-order valence-corrected chi connectivity index (χ0v) is 18.4. The van der Waals surface area contributed by atoms with Crippen LogP contribution in [-0.4, -0.2) is 17.4 Å². The van der Waals surface area contributed by atoms with Crippen molar-refractivity contribution >= 4 is 29.1 Å². The Morgan fingerprint density at radius 2 is 1.89 bits per heavy atom. The molecule has 0 saturated heterocycles. The average molecular weight is 392 g/mol. The number of anilines is 3. The number of unbranched alkanes of at least 4 members (excludes halogenated alkanes) is 1. The van der Waals surface area contributed by atoms with E-state index < -0.39 is 0 Å². The highest BCUT2D eigenvalue weighted by atomic mass is 32.2. The second-order valence-electron chi connectivity index (χ2n) is 6.08. The van der Waals surface area contributed by atoms with Crippen LogP contribution in [0.5, 0.6) is 5.75 Å². The quantitative estimate of drug-likeness (QED) is 0.450. The summed E-state index contributed by atoms with van der Waals surface area (Å²) < 4.78 is 10.4. The monoisotopic (exact) mass is 391 g/mol. The molecule has 0 amide bonds. The molecule has 0 radical (unpaired) electrons. The van der Waals surface area contributed by atoms with Gasteiger partial charge in [0.05, 0.1) is 7.11 Å². The van der Waals surface area contributed by atoms with E-state index in [2.05, 4.69) is 42.9 Å². The van der Waals surface area contributed by atoms with Crippen molar-refractivity contribution < 1.29 is 4.74 Å². The highest BCUT2D eigenvalue weighted by Crippen LogP contribution is 2.35. The van der Waals surface area contributed by atoms with Crippen LogP contribution in [-0.2, 0) is 7.05 Å². The Morgan fingerprint density at radius 3 is 2.48 bits per heavy atom. The SMILES string of the molecule is CC.CCCCSNc1c(OC)cc(=O)n(C)c1Nc1ccc(C)cc1C. The van der Waals surface area contributed by atoms with Gasteiger partial charge in [0.1, 0.15) is 11.5 Å². The molecule has 0 unspecified atom stereocenters. The van der Waals surface area contributed by atoms with Gasteiger partial charge >= 0.3 is 0 Å². The summed E-state index contributed by atoms with van der Waals surface area (Å²) in [7, 11) is 3.34. The standard InChI is InChI=1S/C19H27N3O2S.C2H6/c1-6-7-10-25-21-18-16(24-5)12-17(23)22(4)19(18)20-15-9-8-13(2)11-14(15)3;1-2/h8-9,11-12,20-21H,6-7,10H2,1-5H3;1-2H3. The van der Waals surface area contributed by atoms with Crippen molar-refractivity contribution in [1.82, 2.24) is 4.57 Å². The fourth-order valence-electron chi connectivity index (χ4n) is 2.50. The van der Waals surface area contributed by atoms with E-state index in [4.69, 9.17) is 4.74 Å². The van der Waals surface area contributed by atoms with Gasteiger partial charge in [-0.3, -0.25) is 9.36 Å². The number of hydrogen-bond acceptors (Lipinski definition) is 5. The number of benzene rings is 1. The van der Waals surface area contributed by atoms with Crippen molar-refractivity contribution in [2.75, 3.05) is 22.9 Å². The number of rotatable bonds is 8. The van der Waals surface area contributed by atoms with Crippen LogP contribution < -0.4 is 20.3 Å². The molecule has 0 spiro atoms. The van der Waals surface area contributed by atoms with Gasteiger partial charge in [-0.1, -0.05) is 56.8 Å². The van der Waals surface area contributed by atoms with Crippen molar-refractivity contribution in [1.29, 1.82) is 0 Å². The van der Waals surface area contributed by atoms with E-state index in [0.717, 1.165) is 35.5 Å². The van der Waals surface area contributed by atoms with Gasteiger partial charge in [0.25, 0.3) is 5.56 Å². The summed E-state index contributed by atoms with van der Waals surface area (Å²) in [5.74, 6) is 2.23. The summed E-state index contributed by atoms with van der Waals surface area (Å²) in [5.41, 5.74) is 3.96. The maximum atomic E-state index is 12.3. The highest BCUT2D eigenvalue weighted by molar-refractivity contribution is 8.00. The molecular weight excluding hydrogens is 358 g/mol. The molecule has 1 aromatic carbocycles. The third-order valence-electron chi connectivity index (χ3n) is 4.03. The Bertz CT molecular complexity index is 788. The fourth-order valence-corrected chi connectivity index (χ4v) is 3.38. The van der Waals surface area contributed by atoms with Crippen LogP contribution in [0, 0.1) is 13.8 Å². The molecule has 150 valence electrons. The molecule has 1 aromatic heterocycles. The van der Waals surface area contributed by atoms with E-state index in [1.165, 1.54) is 11.6 Å². The summed E-state index contributed by atoms with van der Waals surface area (Å²) >= 11 is 1.62. The van der Waals surface area contributed by atoms with E-state index in [0.29, 0.717) is 11.6 Å². The van der Waals surface area contributed by atoms with Crippen LogP contribution in [0.15, 0.2) is 29.1 Å². The fraction of sp³-hybridized carbons (Fsp3) is 0.476. The van der Waals surface area contributed by atoms with Crippen molar-refractivity contribution in [3.05, 3.63) is 45.7 Å². The number of hydrogen-bond donors (Lipinski definition) is 2. The van der Waals surface area contributed by atoms with Crippen molar-refractivity contribution in [3.63, 3.8) is 0 Å². The van der Waals surface area contributed by atoms with E-state index in [9.17, 15) is 4.79 Å². The van der Waals surface area contributed by atoms with Gasteiger partial charge in [-0.15, -0.1) is 0 Å². The first-order valence-corrected chi connectivity index (χ1v) is 10.5. The number of methoxy groups -OCH3 is 1. The molecule has 0 atom stereocenters. The lowest BCUT2D eigenvalue weighted by Gasteiger charge is -2.20. The maximum Gasteiger partial charge on any atom is 0.255 e. The smallest absolute Gasteiger partial charge is 0.255 e. The average Bonchev–Trinajstić information content (AvgIpc) is 2.67. The zero-order valence-electron chi connectivity index (χ0n) is 17.6. The Labute approximate surface area is 167 Å². The van der Waals surface area contributed by atoms with Gasteiger partial charge in [0.2, 0.25) is 0 Å². The Morgan fingerprint density at radius 1 is 1.19 bits per heavy atom. The molecule has 2 N–H and O–H groups in total. The topological polar surface area (TPSA) is 55.3 Å². The number of aromatic nitrogens is 1. The van der Waals surface area contributed by atoms with Crippen LogP contribution in [0.1, 0.15) is 44.7 Å². The second kappa shape index (κ2) is 11.6. The number of aryl methyl sites for hydroxylation is 2. The van der Waals surface area contributed by atoms with E-state index in [1.807, 2.05) is 19.9 Å². The summed E-state index contributed by atoms with van der Waals surface area (Å²) in [4.78, 5) is 12.3. The highest BCUT2D eigenvalue weighted by Gasteiger charge is 2.16. The summed E-state index contributed by atoms with van der Waals surface area (Å²) in [6, 6.07) is 7.71. The van der Waals surface area contributed by atoms with E-state index in [-0.39, 0.29) is 5.56 Å². The molecule has 1 heterocycles. The lowest BCUT2D eigenvalue weighted by molar-refractivity contribution is 0.415. The Kier molecular flexibility index (Phi) is 9.86.